The van der Waals surface area contributed by atoms with E-state index in [1.807, 2.05) is 32.0 Å². The third kappa shape index (κ3) is 4.31. The van der Waals surface area contributed by atoms with Gasteiger partial charge in [-0.2, -0.15) is 0 Å². The first-order valence-corrected chi connectivity index (χ1v) is 8.99. The van der Waals surface area contributed by atoms with Gasteiger partial charge in [0.1, 0.15) is 12.1 Å². The Bertz CT molecular complexity index is 753. The molecule has 2 heterocycles. The van der Waals surface area contributed by atoms with E-state index in [0.717, 1.165) is 29.7 Å². The predicted molar refractivity (Wildman–Crippen MR) is 99.1 cm³/mol. The van der Waals surface area contributed by atoms with Gasteiger partial charge < -0.3 is 14.5 Å². The van der Waals surface area contributed by atoms with Crippen molar-refractivity contribution in [3.8, 4) is 0 Å². The summed E-state index contributed by atoms with van der Waals surface area (Å²) >= 11 is 6.06. The van der Waals surface area contributed by atoms with E-state index in [-0.39, 0.29) is 6.09 Å². The minimum absolute atomic E-state index is 0.227. The van der Waals surface area contributed by atoms with Gasteiger partial charge in [0.05, 0.1) is 12.1 Å². The number of aromatic nitrogens is 2. The number of hydrogen-bond acceptors (Lipinski definition) is 5. The van der Waals surface area contributed by atoms with Gasteiger partial charge in [-0.15, -0.1) is 0 Å². The lowest BCUT2D eigenvalue weighted by Gasteiger charge is -2.23. The van der Waals surface area contributed by atoms with Crippen molar-refractivity contribution in [2.24, 2.45) is 5.92 Å². The van der Waals surface area contributed by atoms with Crippen LogP contribution in [0.4, 0.5) is 10.6 Å². The highest BCUT2D eigenvalue weighted by molar-refractivity contribution is 6.31. The van der Waals surface area contributed by atoms with Gasteiger partial charge in [-0.25, -0.2) is 14.8 Å². The Morgan fingerprint density at radius 3 is 2.88 bits per heavy atom. The van der Waals surface area contributed by atoms with Gasteiger partial charge in [-0.05, 0) is 30.5 Å². The highest BCUT2D eigenvalue weighted by Crippen LogP contribution is 2.26. The molecule has 0 radical (unpaired) electrons. The lowest BCUT2D eigenvalue weighted by atomic mass is 10.2. The van der Waals surface area contributed by atoms with Gasteiger partial charge in [-0.3, -0.25) is 0 Å². The van der Waals surface area contributed by atoms with Gasteiger partial charge in [0.2, 0.25) is 0 Å². The number of carbonyl (C=O) groups excluding carboxylic acids is 1. The molecule has 0 spiro atoms. The zero-order valence-corrected chi connectivity index (χ0v) is 15.4. The Labute approximate surface area is 152 Å². The summed E-state index contributed by atoms with van der Waals surface area (Å²) in [6.07, 6.45) is 2.21. The first-order chi connectivity index (χ1) is 12.0. The number of nitrogens with zero attached hydrogens (tertiary/aromatic N) is 4. The molecule has 0 unspecified atom stereocenters. The van der Waals surface area contributed by atoms with E-state index in [2.05, 4.69) is 14.9 Å². The molecule has 3 rings (SSSR count). The number of benzene rings is 1. The van der Waals surface area contributed by atoms with Crippen molar-refractivity contribution in [2.45, 2.75) is 20.3 Å². The summed E-state index contributed by atoms with van der Waals surface area (Å²) in [4.78, 5) is 24.9. The quantitative estimate of drug-likeness (QED) is 0.835. The number of carbonyl (C=O) groups is 1. The molecule has 6 nitrogen and oxygen atoms in total. The third-order valence-electron chi connectivity index (χ3n) is 4.17. The molecule has 0 aliphatic carbocycles. The molecule has 0 bridgehead atoms. The first-order valence-electron chi connectivity index (χ1n) is 8.61. The molecule has 2 aromatic rings. The molecule has 1 aromatic carbocycles. The fourth-order valence-electron chi connectivity index (χ4n) is 2.91. The van der Waals surface area contributed by atoms with Gasteiger partial charge in [0.15, 0.2) is 0 Å². The number of fused-ring (bicyclic) bond motifs is 1. The smallest absolute Gasteiger partial charge is 0.409 e. The van der Waals surface area contributed by atoms with E-state index >= 15 is 0 Å². The summed E-state index contributed by atoms with van der Waals surface area (Å²) in [7, 11) is 0. The summed E-state index contributed by atoms with van der Waals surface area (Å²) in [6, 6.07) is 5.65. The normalized spacial score (nSPS) is 15.5. The van der Waals surface area contributed by atoms with Crippen molar-refractivity contribution in [3.05, 3.63) is 29.5 Å². The van der Waals surface area contributed by atoms with Crippen molar-refractivity contribution in [1.29, 1.82) is 0 Å². The molecule has 1 aromatic heterocycles. The van der Waals surface area contributed by atoms with Crippen LogP contribution in [0.15, 0.2) is 24.5 Å². The largest absolute Gasteiger partial charge is 0.449 e. The fourth-order valence-corrected chi connectivity index (χ4v) is 3.08. The monoisotopic (exact) mass is 362 g/mol. The zero-order chi connectivity index (χ0) is 17.8. The average Bonchev–Trinajstić information content (AvgIpc) is 2.85. The Morgan fingerprint density at radius 1 is 1.24 bits per heavy atom. The summed E-state index contributed by atoms with van der Waals surface area (Å²) in [5, 5.41) is 1.63. The van der Waals surface area contributed by atoms with Crippen LogP contribution >= 0.6 is 11.6 Å². The van der Waals surface area contributed by atoms with Crippen molar-refractivity contribution >= 4 is 34.4 Å². The summed E-state index contributed by atoms with van der Waals surface area (Å²) in [5.41, 5.74) is 0.829. The van der Waals surface area contributed by atoms with E-state index in [9.17, 15) is 4.79 Å². The van der Waals surface area contributed by atoms with Crippen LogP contribution in [0, 0.1) is 5.92 Å². The Balaban J connectivity index is 1.72. The third-order valence-corrected chi connectivity index (χ3v) is 4.41. The van der Waals surface area contributed by atoms with E-state index in [0.29, 0.717) is 37.2 Å². The van der Waals surface area contributed by atoms with Gasteiger partial charge in [-0.1, -0.05) is 25.4 Å². The molecule has 1 aliphatic heterocycles. The maximum absolute atomic E-state index is 12.2. The highest BCUT2D eigenvalue weighted by Gasteiger charge is 2.22. The molecular formula is C18H23ClN4O2. The summed E-state index contributed by atoms with van der Waals surface area (Å²) < 4.78 is 5.35. The number of halogens is 1. The van der Waals surface area contributed by atoms with Crippen molar-refractivity contribution in [1.82, 2.24) is 14.9 Å². The van der Waals surface area contributed by atoms with E-state index in [1.165, 1.54) is 0 Å². The second-order valence-electron chi connectivity index (χ2n) is 6.66. The number of ether oxygens (including phenoxy) is 1. The SMILES string of the molecule is CC(C)COC(=O)N1CCCN(c2ncnc3cc(Cl)ccc23)CC1. The average molecular weight is 363 g/mol. The maximum atomic E-state index is 12.2. The molecule has 1 aliphatic rings. The minimum Gasteiger partial charge on any atom is -0.449 e. The van der Waals surface area contributed by atoms with Crippen LogP contribution in [0.1, 0.15) is 20.3 Å². The van der Waals surface area contributed by atoms with Crippen LogP contribution in [0.3, 0.4) is 0 Å². The van der Waals surface area contributed by atoms with Crippen molar-refractivity contribution in [3.63, 3.8) is 0 Å². The standard InChI is InChI=1S/C18H23ClN4O2/c1-13(2)11-25-18(24)23-7-3-6-22(8-9-23)17-15-5-4-14(19)10-16(15)20-12-21-17/h4-5,10,12-13H,3,6-9,11H2,1-2H3. The van der Waals surface area contributed by atoms with E-state index in [1.54, 1.807) is 11.2 Å². The highest BCUT2D eigenvalue weighted by atomic mass is 35.5. The second-order valence-corrected chi connectivity index (χ2v) is 7.09. The first kappa shape index (κ1) is 17.7. The molecule has 25 heavy (non-hydrogen) atoms. The molecular weight excluding hydrogens is 340 g/mol. The van der Waals surface area contributed by atoms with Gasteiger partial charge in [0.25, 0.3) is 0 Å². The Kier molecular flexibility index (Phi) is 5.58. The van der Waals surface area contributed by atoms with Crippen LogP contribution in [0.2, 0.25) is 5.02 Å². The lowest BCUT2D eigenvalue weighted by molar-refractivity contribution is 0.0943. The summed E-state index contributed by atoms with van der Waals surface area (Å²) in [6.45, 7) is 7.39. The maximum Gasteiger partial charge on any atom is 0.409 e. The predicted octanol–water partition coefficient (Wildman–Crippen LogP) is 3.59. The molecule has 0 saturated carbocycles. The van der Waals surface area contributed by atoms with Crippen LogP contribution in [0.25, 0.3) is 10.9 Å². The Hall–Kier alpha value is -2.08. The minimum atomic E-state index is -0.227. The van der Waals surface area contributed by atoms with Gasteiger partial charge in [0, 0.05) is 36.6 Å². The molecule has 134 valence electrons. The summed E-state index contributed by atoms with van der Waals surface area (Å²) in [5.74, 6) is 1.23. The molecule has 0 atom stereocenters. The number of amides is 1. The van der Waals surface area contributed by atoms with E-state index in [4.69, 9.17) is 16.3 Å². The van der Waals surface area contributed by atoms with Gasteiger partial charge >= 0.3 is 6.09 Å². The van der Waals surface area contributed by atoms with Crippen LogP contribution < -0.4 is 4.90 Å². The van der Waals surface area contributed by atoms with Crippen LogP contribution in [-0.4, -0.2) is 53.7 Å². The zero-order valence-electron chi connectivity index (χ0n) is 14.6. The van der Waals surface area contributed by atoms with Crippen LogP contribution in [-0.2, 0) is 4.74 Å². The number of rotatable bonds is 3. The fraction of sp³-hybridized carbons (Fsp3) is 0.500. The number of anilines is 1. The Morgan fingerprint density at radius 2 is 2.08 bits per heavy atom. The van der Waals surface area contributed by atoms with Crippen molar-refractivity contribution in [2.75, 3.05) is 37.7 Å². The topological polar surface area (TPSA) is 58.6 Å². The molecule has 1 fully saturated rings. The lowest BCUT2D eigenvalue weighted by Crippen LogP contribution is -2.36. The van der Waals surface area contributed by atoms with Crippen molar-refractivity contribution < 1.29 is 9.53 Å². The second kappa shape index (κ2) is 7.87. The van der Waals surface area contributed by atoms with Crippen LogP contribution in [0.5, 0.6) is 0 Å². The van der Waals surface area contributed by atoms with E-state index < -0.39 is 0 Å². The molecule has 1 saturated heterocycles. The number of hydrogen-bond donors (Lipinski definition) is 0. The molecule has 0 N–H and O–H groups in total. The molecule has 1 amide bonds. The molecule has 7 heteroatoms.